The number of ether oxygens (including phenoxy) is 1. The van der Waals surface area contributed by atoms with Gasteiger partial charge in [-0.1, -0.05) is 35.6 Å². The highest BCUT2D eigenvalue weighted by Gasteiger charge is 2.14. The number of hydrogen-bond donors (Lipinski definition) is 2. The number of para-hydroxylation sites is 1. The maximum absolute atomic E-state index is 10.2. The Balaban J connectivity index is 1.61. The smallest absolute Gasteiger partial charge is 0.231 e. The number of allylic oxidation sites excluding steroid dienone is 1. The molecule has 2 aromatic carbocycles. The number of methoxy groups -OCH3 is 1. The SMILES string of the molecule is COc1cccc(Nc2nc(O)c(C=C3C=Nc4ccccc43)s2)c1. The number of benzene rings is 2. The summed E-state index contributed by atoms with van der Waals surface area (Å²) in [4.78, 5) is 9.26. The highest BCUT2D eigenvalue weighted by atomic mass is 32.1. The first-order valence-electron chi connectivity index (χ1n) is 7.69. The van der Waals surface area contributed by atoms with Crippen LogP contribution in [0.2, 0.25) is 0 Å². The number of rotatable bonds is 4. The van der Waals surface area contributed by atoms with E-state index in [-0.39, 0.29) is 5.88 Å². The molecule has 124 valence electrons. The molecule has 0 radical (unpaired) electrons. The van der Waals surface area contributed by atoms with Crippen LogP contribution in [0.1, 0.15) is 10.4 Å². The standard InChI is InChI=1S/C19H15N3O2S/c1-24-14-6-4-5-13(10-14)21-19-22-18(23)17(25-19)9-12-11-20-16-8-3-2-7-15(12)16/h2-11,23H,1H3,(H,21,22). The molecule has 0 atom stereocenters. The number of aliphatic imine (C=N–C) groups is 1. The molecule has 0 spiro atoms. The zero-order chi connectivity index (χ0) is 17.2. The Hall–Kier alpha value is -3.12. The molecule has 1 aromatic heterocycles. The summed E-state index contributed by atoms with van der Waals surface area (Å²) in [5.74, 6) is 0.757. The minimum atomic E-state index is 0.000627. The van der Waals surface area contributed by atoms with Gasteiger partial charge in [-0.05, 0) is 24.3 Å². The average molecular weight is 349 g/mol. The number of aromatic hydroxyl groups is 1. The van der Waals surface area contributed by atoms with Crippen LogP contribution in [0.15, 0.2) is 53.5 Å². The average Bonchev–Trinajstić information content (AvgIpc) is 3.19. The predicted octanol–water partition coefficient (Wildman–Crippen LogP) is 4.86. The van der Waals surface area contributed by atoms with Crippen molar-refractivity contribution in [3.05, 3.63) is 59.0 Å². The molecule has 25 heavy (non-hydrogen) atoms. The van der Waals surface area contributed by atoms with Crippen molar-refractivity contribution in [2.24, 2.45) is 4.99 Å². The molecular formula is C19H15N3O2S. The van der Waals surface area contributed by atoms with E-state index in [0.717, 1.165) is 28.3 Å². The second-order valence-electron chi connectivity index (χ2n) is 5.44. The number of fused-ring (bicyclic) bond motifs is 1. The Kier molecular flexibility index (Phi) is 3.95. The third kappa shape index (κ3) is 3.12. The van der Waals surface area contributed by atoms with Gasteiger partial charge in [-0.25, -0.2) is 0 Å². The summed E-state index contributed by atoms with van der Waals surface area (Å²) >= 11 is 1.38. The first-order chi connectivity index (χ1) is 12.2. The molecule has 4 rings (SSSR count). The van der Waals surface area contributed by atoms with Crippen LogP contribution >= 0.6 is 11.3 Å². The molecular weight excluding hydrogens is 334 g/mol. The van der Waals surface area contributed by atoms with Crippen molar-refractivity contribution in [1.29, 1.82) is 0 Å². The molecule has 1 aliphatic rings. The molecule has 5 nitrogen and oxygen atoms in total. The number of anilines is 2. The molecule has 0 unspecified atom stereocenters. The molecule has 0 bridgehead atoms. The van der Waals surface area contributed by atoms with E-state index >= 15 is 0 Å². The molecule has 2 heterocycles. The lowest BCUT2D eigenvalue weighted by molar-refractivity contribution is 0.415. The Morgan fingerprint density at radius 2 is 2.04 bits per heavy atom. The van der Waals surface area contributed by atoms with Crippen molar-refractivity contribution in [2.75, 3.05) is 12.4 Å². The highest BCUT2D eigenvalue weighted by Crippen LogP contribution is 2.37. The number of thiazole rings is 1. The number of hydrogen-bond acceptors (Lipinski definition) is 6. The van der Waals surface area contributed by atoms with Crippen LogP contribution in [0, 0.1) is 0 Å². The Morgan fingerprint density at radius 3 is 2.92 bits per heavy atom. The topological polar surface area (TPSA) is 66.7 Å². The van der Waals surface area contributed by atoms with Crippen LogP contribution in [0.3, 0.4) is 0 Å². The van der Waals surface area contributed by atoms with Crippen molar-refractivity contribution in [3.63, 3.8) is 0 Å². The van der Waals surface area contributed by atoms with E-state index in [9.17, 15) is 5.11 Å². The van der Waals surface area contributed by atoms with Crippen molar-refractivity contribution in [2.45, 2.75) is 0 Å². The van der Waals surface area contributed by atoms with Gasteiger partial charge in [0.25, 0.3) is 0 Å². The van der Waals surface area contributed by atoms with Crippen molar-refractivity contribution < 1.29 is 9.84 Å². The summed E-state index contributed by atoms with van der Waals surface area (Å²) in [6.45, 7) is 0. The minimum absolute atomic E-state index is 0.000627. The van der Waals surface area contributed by atoms with Gasteiger partial charge >= 0.3 is 0 Å². The van der Waals surface area contributed by atoms with Gasteiger partial charge in [0.1, 0.15) is 5.75 Å². The fourth-order valence-electron chi connectivity index (χ4n) is 2.59. The van der Waals surface area contributed by atoms with Gasteiger partial charge in [-0.2, -0.15) is 4.98 Å². The number of nitrogens with zero attached hydrogens (tertiary/aromatic N) is 2. The van der Waals surface area contributed by atoms with E-state index in [0.29, 0.717) is 10.0 Å². The third-order valence-electron chi connectivity index (χ3n) is 3.80. The van der Waals surface area contributed by atoms with E-state index in [1.807, 2.05) is 54.6 Å². The van der Waals surface area contributed by atoms with Crippen molar-refractivity contribution in [3.8, 4) is 11.6 Å². The lowest BCUT2D eigenvalue weighted by Crippen LogP contribution is -1.90. The largest absolute Gasteiger partial charge is 0.497 e. The van der Waals surface area contributed by atoms with Gasteiger partial charge in [0.15, 0.2) is 5.13 Å². The fourth-order valence-corrected chi connectivity index (χ4v) is 3.42. The monoisotopic (exact) mass is 349 g/mol. The third-order valence-corrected chi connectivity index (χ3v) is 4.71. The molecule has 0 saturated heterocycles. The van der Waals surface area contributed by atoms with E-state index < -0.39 is 0 Å². The van der Waals surface area contributed by atoms with Crippen molar-refractivity contribution >= 4 is 45.7 Å². The molecule has 6 heteroatoms. The van der Waals surface area contributed by atoms with E-state index in [4.69, 9.17) is 4.74 Å². The van der Waals surface area contributed by atoms with Crippen LogP contribution in [-0.4, -0.2) is 23.4 Å². The summed E-state index contributed by atoms with van der Waals surface area (Å²) in [5.41, 5.74) is 3.80. The van der Waals surface area contributed by atoms with Gasteiger partial charge in [0.05, 0.1) is 17.7 Å². The Bertz CT molecular complexity index is 992. The fraction of sp³-hybridized carbons (Fsp3) is 0.0526. The summed E-state index contributed by atoms with van der Waals surface area (Å²) < 4.78 is 5.21. The first-order valence-corrected chi connectivity index (χ1v) is 8.50. The second kappa shape index (κ2) is 6.41. The van der Waals surface area contributed by atoms with Gasteiger partial charge in [0, 0.05) is 29.1 Å². The van der Waals surface area contributed by atoms with Gasteiger partial charge in [-0.3, -0.25) is 4.99 Å². The Labute approximate surface area is 149 Å². The Morgan fingerprint density at radius 1 is 1.16 bits per heavy atom. The predicted molar refractivity (Wildman–Crippen MR) is 103 cm³/mol. The molecule has 2 N–H and O–H groups in total. The van der Waals surface area contributed by atoms with Crippen molar-refractivity contribution in [1.82, 2.24) is 4.98 Å². The number of aromatic nitrogens is 1. The van der Waals surface area contributed by atoms with Crippen LogP contribution < -0.4 is 10.1 Å². The zero-order valence-corrected chi connectivity index (χ0v) is 14.2. The van der Waals surface area contributed by atoms with Crippen LogP contribution in [-0.2, 0) is 0 Å². The van der Waals surface area contributed by atoms with E-state index in [2.05, 4.69) is 15.3 Å². The summed E-state index contributed by atoms with van der Waals surface area (Å²) in [5, 5.41) is 14.0. The molecule has 1 aliphatic heterocycles. The molecule has 0 fully saturated rings. The quantitative estimate of drug-likeness (QED) is 0.706. The zero-order valence-electron chi connectivity index (χ0n) is 13.4. The van der Waals surface area contributed by atoms with Gasteiger partial charge in [-0.15, -0.1) is 0 Å². The second-order valence-corrected chi connectivity index (χ2v) is 6.47. The maximum Gasteiger partial charge on any atom is 0.231 e. The number of nitrogens with one attached hydrogen (secondary N) is 1. The molecule has 0 aliphatic carbocycles. The van der Waals surface area contributed by atoms with Crippen LogP contribution in [0.25, 0.3) is 11.6 Å². The maximum atomic E-state index is 10.2. The summed E-state index contributed by atoms with van der Waals surface area (Å²) in [6, 6.07) is 15.5. The van der Waals surface area contributed by atoms with E-state index in [1.165, 1.54) is 11.3 Å². The van der Waals surface area contributed by atoms with Gasteiger partial charge in [0.2, 0.25) is 5.88 Å². The van der Waals surface area contributed by atoms with Crippen LogP contribution in [0.4, 0.5) is 16.5 Å². The van der Waals surface area contributed by atoms with Gasteiger partial charge < -0.3 is 15.2 Å². The molecule has 0 saturated carbocycles. The lowest BCUT2D eigenvalue weighted by Gasteiger charge is -2.04. The summed E-state index contributed by atoms with van der Waals surface area (Å²) in [6.07, 6.45) is 3.71. The van der Waals surface area contributed by atoms with E-state index in [1.54, 1.807) is 13.3 Å². The normalized spacial score (nSPS) is 13.9. The first kappa shape index (κ1) is 15.4. The lowest BCUT2D eigenvalue weighted by atomic mass is 10.1. The molecule has 3 aromatic rings. The highest BCUT2D eigenvalue weighted by molar-refractivity contribution is 7.16. The van der Waals surface area contributed by atoms with Crippen LogP contribution in [0.5, 0.6) is 11.6 Å². The minimum Gasteiger partial charge on any atom is -0.497 e. The molecule has 0 amide bonds. The summed E-state index contributed by atoms with van der Waals surface area (Å²) in [7, 11) is 1.62.